The molecule has 7 nitrogen and oxygen atoms in total. The highest BCUT2D eigenvalue weighted by atomic mass is 79.9. The minimum atomic E-state index is -3.66. The van der Waals surface area contributed by atoms with E-state index < -0.39 is 10.0 Å². The largest absolute Gasteiger partial charge is 0.307 e. The number of piperidine rings is 3. The summed E-state index contributed by atoms with van der Waals surface area (Å²) >= 11 is 3.24. The third kappa shape index (κ3) is 3.07. The average Bonchev–Trinajstić information content (AvgIpc) is 2.48. The van der Waals surface area contributed by atoms with Crippen LogP contribution in [0.25, 0.3) is 0 Å². The Bertz CT molecular complexity index is 631. The normalized spacial score (nSPS) is 28.6. The van der Waals surface area contributed by atoms with Crippen molar-refractivity contribution in [2.45, 2.75) is 23.8 Å². The predicted octanol–water partition coefficient (Wildman–Crippen LogP) is 0.502. The minimum Gasteiger partial charge on any atom is -0.307 e. The number of nitrogens with two attached hydrogens (primary N) is 1. The van der Waals surface area contributed by atoms with Gasteiger partial charge in [-0.1, -0.05) is 0 Å². The highest BCUT2D eigenvalue weighted by Gasteiger charge is 2.37. The van der Waals surface area contributed by atoms with E-state index in [4.69, 9.17) is 5.84 Å². The van der Waals surface area contributed by atoms with E-state index in [0.29, 0.717) is 10.4 Å². The Labute approximate surface area is 132 Å². The number of rotatable bonds is 4. The number of anilines is 1. The van der Waals surface area contributed by atoms with Crippen LogP contribution in [0, 0.1) is 5.92 Å². The van der Waals surface area contributed by atoms with Crippen molar-refractivity contribution < 1.29 is 8.42 Å². The maximum absolute atomic E-state index is 12.6. The van der Waals surface area contributed by atoms with E-state index in [-0.39, 0.29) is 16.8 Å². The quantitative estimate of drug-likeness (QED) is 0.523. The number of nitrogen functional groups attached to an aromatic ring is 1. The van der Waals surface area contributed by atoms with Crippen molar-refractivity contribution in [1.82, 2.24) is 14.6 Å². The number of fused-ring (bicyclic) bond motifs is 3. The molecule has 4 heterocycles. The fraction of sp³-hybridized carbons (Fsp3) is 0.583. The summed E-state index contributed by atoms with van der Waals surface area (Å²) in [4.78, 5) is 6.36. The van der Waals surface area contributed by atoms with Gasteiger partial charge in [-0.3, -0.25) is 0 Å². The fourth-order valence-corrected chi connectivity index (χ4v) is 5.02. The monoisotopic (exact) mass is 375 g/mol. The molecule has 3 saturated heterocycles. The smallest absolute Gasteiger partial charge is 0.244 e. The molecule has 1 unspecified atom stereocenters. The van der Waals surface area contributed by atoms with Crippen molar-refractivity contribution in [1.29, 1.82) is 0 Å². The lowest BCUT2D eigenvalue weighted by molar-refractivity contribution is 0.0827. The second kappa shape index (κ2) is 5.81. The Balaban J connectivity index is 1.86. The molecule has 21 heavy (non-hydrogen) atoms. The Hall–Kier alpha value is -0.740. The molecule has 116 valence electrons. The molecule has 0 amide bonds. The first-order valence-electron chi connectivity index (χ1n) is 6.86. The zero-order chi connectivity index (χ0) is 15.0. The second-order valence-corrected chi connectivity index (χ2v) is 8.11. The SMILES string of the molecule is NNc1ncc(Br)cc1S(=O)(=O)NC1CN2CCC1CC2. The van der Waals surface area contributed by atoms with Crippen LogP contribution in [-0.4, -0.2) is 44.0 Å². The zero-order valence-corrected chi connectivity index (χ0v) is 13.8. The first-order valence-corrected chi connectivity index (χ1v) is 9.14. The summed E-state index contributed by atoms with van der Waals surface area (Å²) in [5.74, 6) is 5.92. The van der Waals surface area contributed by atoms with Gasteiger partial charge in [-0.25, -0.2) is 24.0 Å². The topological polar surface area (TPSA) is 100 Å². The maximum atomic E-state index is 12.6. The molecule has 1 aromatic rings. The van der Waals surface area contributed by atoms with Crippen molar-refractivity contribution in [2.75, 3.05) is 25.1 Å². The number of sulfonamides is 1. The lowest BCUT2D eigenvalue weighted by Crippen LogP contribution is -2.57. The van der Waals surface area contributed by atoms with Gasteiger partial charge in [-0.2, -0.15) is 0 Å². The van der Waals surface area contributed by atoms with Crippen molar-refractivity contribution in [3.8, 4) is 0 Å². The summed E-state index contributed by atoms with van der Waals surface area (Å²) in [7, 11) is -3.66. The van der Waals surface area contributed by atoms with Gasteiger partial charge in [0.2, 0.25) is 10.0 Å². The lowest BCUT2D eigenvalue weighted by Gasteiger charge is -2.44. The van der Waals surface area contributed by atoms with Crippen molar-refractivity contribution >= 4 is 31.8 Å². The van der Waals surface area contributed by atoms with E-state index in [9.17, 15) is 8.42 Å². The molecule has 0 spiro atoms. The molecule has 9 heteroatoms. The molecule has 0 aliphatic carbocycles. The van der Waals surface area contributed by atoms with Gasteiger partial charge in [0, 0.05) is 23.3 Å². The highest BCUT2D eigenvalue weighted by Crippen LogP contribution is 2.29. The van der Waals surface area contributed by atoms with Crippen molar-refractivity contribution in [2.24, 2.45) is 11.8 Å². The van der Waals surface area contributed by atoms with E-state index in [1.807, 2.05) is 0 Å². The summed E-state index contributed by atoms with van der Waals surface area (Å²) in [6, 6.07) is 1.47. The van der Waals surface area contributed by atoms with Gasteiger partial charge < -0.3 is 10.3 Å². The van der Waals surface area contributed by atoms with Gasteiger partial charge in [0.15, 0.2) is 5.82 Å². The number of hydrogen-bond donors (Lipinski definition) is 3. The van der Waals surface area contributed by atoms with E-state index >= 15 is 0 Å². The molecule has 4 rings (SSSR count). The predicted molar refractivity (Wildman–Crippen MR) is 83.0 cm³/mol. The van der Waals surface area contributed by atoms with Crippen molar-refractivity contribution in [3.63, 3.8) is 0 Å². The molecule has 0 radical (unpaired) electrons. The third-order valence-electron chi connectivity index (χ3n) is 4.21. The standard InChI is InChI=1S/C12H18BrN5O2S/c13-9-5-11(12(16-14)15-6-9)21(19,20)17-10-7-18-3-1-8(10)2-4-18/h5-6,8,10,17H,1-4,7,14H2,(H,15,16). The van der Waals surface area contributed by atoms with E-state index in [1.165, 1.54) is 12.3 Å². The summed E-state index contributed by atoms with van der Waals surface area (Å²) in [5.41, 5.74) is 2.34. The van der Waals surface area contributed by atoms with E-state index in [2.05, 4.69) is 36.0 Å². The summed E-state index contributed by atoms with van der Waals surface area (Å²) in [6.07, 6.45) is 3.60. The van der Waals surface area contributed by atoms with Gasteiger partial charge in [-0.05, 0) is 53.8 Å². The molecule has 4 N–H and O–H groups in total. The number of aromatic nitrogens is 1. The Morgan fingerprint density at radius 3 is 2.67 bits per heavy atom. The van der Waals surface area contributed by atoms with Crippen LogP contribution in [0.1, 0.15) is 12.8 Å². The number of hydrazine groups is 1. The van der Waals surface area contributed by atoms with Gasteiger partial charge >= 0.3 is 0 Å². The summed E-state index contributed by atoms with van der Waals surface area (Å²) in [6.45, 7) is 2.91. The van der Waals surface area contributed by atoms with Crippen LogP contribution in [0.2, 0.25) is 0 Å². The van der Waals surface area contributed by atoms with Crippen LogP contribution >= 0.6 is 15.9 Å². The number of pyridine rings is 1. The van der Waals surface area contributed by atoms with Crippen LogP contribution in [0.5, 0.6) is 0 Å². The highest BCUT2D eigenvalue weighted by molar-refractivity contribution is 9.10. The van der Waals surface area contributed by atoms with Crippen LogP contribution in [-0.2, 0) is 10.0 Å². The maximum Gasteiger partial charge on any atom is 0.244 e. The Morgan fingerprint density at radius 2 is 2.10 bits per heavy atom. The Morgan fingerprint density at radius 1 is 1.38 bits per heavy atom. The van der Waals surface area contributed by atoms with Gasteiger partial charge in [-0.15, -0.1) is 0 Å². The molecule has 0 saturated carbocycles. The first-order chi connectivity index (χ1) is 9.99. The molecule has 0 aromatic carbocycles. The number of halogens is 1. The molecular weight excluding hydrogens is 358 g/mol. The lowest BCUT2D eigenvalue weighted by atomic mass is 9.85. The molecule has 1 atom stereocenters. The van der Waals surface area contributed by atoms with Crippen LogP contribution in [0.4, 0.5) is 5.82 Å². The van der Waals surface area contributed by atoms with Gasteiger partial charge in [0.1, 0.15) is 4.90 Å². The molecular formula is C12H18BrN5O2S. The first kappa shape index (κ1) is 15.2. The van der Waals surface area contributed by atoms with Gasteiger partial charge in [0.05, 0.1) is 0 Å². The second-order valence-electron chi connectivity index (χ2n) is 5.51. The summed E-state index contributed by atoms with van der Waals surface area (Å²) in [5, 5.41) is 0. The number of nitrogens with one attached hydrogen (secondary N) is 2. The molecule has 3 aliphatic rings. The molecule has 1 aromatic heterocycles. The zero-order valence-electron chi connectivity index (χ0n) is 11.4. The Kier molecular flexibility index (Phi) is 4.19. The van der Waals surface area contributed by atoms with Gasteiger partial charge in [0.25, 0.3) is 0 Å². The van der Waals surface area contributed by atoms with Crippen LogP contribution in [0.3, 0.4) is 0 Å². The van der Waals surface area contributed by atoms with E-state index in [0.717, 1.165) is 32.5 Å². The van der Waals surface area contributed by atoms with Crippen molar-refractivity contribution in [3.05, 3.63) is 16.7 Å². The average molecular weight is 376 g/mol. The molecule has 3 aliphatic heterocycles. The number of nitrogens with zero attached hydrogens (tertiary/aromatic N) is 2. The third-order valence-corrected chi connectivity index (χ3v) is 6.15. The number of hydrogen-bond acceptors (Lipinski definition) is 6. The van der Waals surface area contributed by atoms with E-state index in [1.54, 1.807) is 0 Å². The molecule has 3 fully saturated rings. The van der Waals surface area contributed by atoms with Crippen LogP contribution < -0.4 is 16.0 Å². The summed E-state index contributed by atoms with van der Waals surface area (Å²) < 4.78 is 28.7. The van der Waals surface area contributed by atoms with Crippen LogP contribution in [0.15, 0.2) is 21.6 Å². The molecule has 2 bridgehead atoms. The minimum absolute atomic E-state index is 0.0397. The fourth-order valence-electron chi connectivity index (χ4n) is 3.10.